The summed E-state index contributed by atoms with van der Waals surface area (Å²) in [6, 6.07) is 5.65. The number of benzene rings is 2. The smallest absolute Gasteiger partial charge is 0.263 e. The van der Waals surface area contributed by atoms with Gasteiger partial charge in [-0.05, 0) is 56.5 Å². The van der Waals surface area contributed by atoms with Crippen LogP contribution in [0.2, 0.25) is 0 Å². The Balaban J connectivity index is 2.05. The monoisotopic (exact) mass is 604 g/mol. The normalized spacial score (nSPS) is 14.7. The summed E-state index contributed by atoms with van der Waals surface area (Å²) in [6.07, 6.45) is 6.26. The van der Waals surface area contributed by atoms with Gasteiger partial charge >= 0.3 is 0 Å². The molecule has 2 amide bonds. The minimum atomic E-state index is -0.634. The molecule has 0 spiro atoms. The van der Waals surface area contributed by atoms with Crippen molar-refractivity contribution in [3.05, 3.63) is 81.9 Å². The Bertz CT molecular complexity index is 1620. The minimum absolute atomic E-state index is 0.0210. The van der Waals surface area contributed by atoms with Crippen molar-refractivity contribution in [2.45, 2.75) is 65.7 Å². The Morgan fingerprint density at radius 3 is 2.20 bits per heavy atom. The quantitative estimate of drug-likeness (QED) is 0.224. The number of aromatic nitrogens is 3. The molecular formula is C32H37BrN4O3. The highest BCUT2D eigenvalue weighted by molar-refractivity contribution is 9.10. The maximum Gasteiger partial charge on any atom is 0.263 e. The van der Waals surface area contributed by atoms with Crippen molar-refractivity contribution in [3.63, 3.8) is 0 Å². The van der Waals surface area contributed by atoms with Crippen LogP contribution in [0, 0.1) is 5.41 Å². The van der Waals surface area contributed by atoms with Gasteiger partial charge in [0.25, 0.3) is 11.8 Å². The molecule has 0 saturated heterocycles. The Morgan fingerprint density at radius 1 is 1.00 bits per heavy atom. The topological polar surface area (TPSA) is 88.3 Å². The molecular weight excluding hydrogens is 568 g/mol. The molecule has 210 valence electrons. The van der Waals surface area contributed by atoms with E-state index in [1.54, 1.807) is 18.2 Å². The molecule has 0 aliphatic carbocycles. The van der Waals surface area contributed by atoms with E-state index >= 15 is 0 Å². The van der Waals surface area contributed by atoms with Gasteiger partial charge in [-0.15, -0.1) is 15.0 Å². The van der Waals surface area contributed by atoms with Gasteiger partial charge in [0, 0.05) is 22.5 Å². The molecule has 0 saturated carbocycles. The fourth-order valence-electron chi connectivity index (χ4n) is 5.86. The molecule has 1 aliphatic heterocycles. The minimum Gasteiger partial charge on any atom is -0.505 e. The van der Waals surface area contributed by atoms with E-state index in [2.05, 4.69) is 80.0 Å². The van der Waals surface area contributed by atoms with Gasteiger partial charge < -0.3 is 5.11 Å². The molecule has 4 rings (SSSR count). The Kier molecular flexibility index (Phi) is 7.25. The first-order valence-corrected chi connectivity index (χ1v) is 14.0. The third-order valence-corrected chi connectivity index (χ3v) is 8.26. The molecule has 0 bridgehead atoms. The largest absolute Gasteiger partial charge is 0.505 e. The summed E-state index contributed by atoms with van der Waals surface area (Å²) in [5.41, 5.74) is 3.34. The number of rotatable bonds is 7. The fourth-order valence-corrected chi connectivity index (χ4v) is 6.44. The van der Waals surface area contributed by atoms with Crippen molar-refractivity contribution < 1.29 is 14.7 Å². The van der Waals surface area contributed by atoms with Gasteiger partial charge in [-0.25, -0.2) is 0 Å². The SMILES string of the molecule is C=C/C=C(\C=C)C(C)(C)c1cc(C(C)(C)CC(C)(C)C)cc(-n2nc3cc(Br)c4c(c3n2)C(=O)N(C)C4=O)c1O. The van der Waals surface area contributed by atoms with Crippen molar-refractivity contribution in [1.29, 1.82) is 0 Å². The second kappa shape index (κ2) is 9.84. The molecule has 1 aliphatic rings. The summed E-state index contributed by atoms with van der Waals surface area (Å²) in [5, 5.41) is 21.1. The number of carbonyl (C=O) groups is 2. The number of halogens is 1. The first-order valence-electron chi connectivity index (χ1n) is 13.2. The Morgan fingerprint density at radius 2 is 1.62 bits per heavy atom. The molecule has 2 heterocycles. The van der Waals surface area contributed by atoms with Gasteiger partial charge in [0.15, 0.2) is 0 Å². The highest BCUT2D eigenvalue weighted by Crippen LogP contribution is 2.45. The number of hydrogen-bond donors (Lipinski definition) is 1. The van der Waals surface area contributed by atoms with Gasteiger partial charge in [0.2, 0.25) is 0 Å². The average molecular weight is 606 g/mol. The third kappa shape index (κ3) is 4.83. The molecule has 0 atom stereocenters. The highest BCUT2D eigenvalue weighted by atomic mass is 79.9. The van der Waals surface area contributed by atoms with E-state index < -0.39 is 17.2 Å². The van der Waals surface area contributed by atoms with Crippen molar-refractivity contribution in [2.75, 3.05) is 7.05 Å². The van der Waals surface area contributed by atoms with Gasteiger partial charge in [-0.3, -0.25) is 14.5 Å². The second-order valence-corrected chi connectivity index (χ2v) is 13.7. The van der Waals surface area contributed by atoms with Crippen LogP contribution in [0.1, 0.15) is 86.7 Å². The first kappa shape index (κ1) is 29.5. The molecule has 40 heavy (non-hydrogen) atoms. The van der Waals surface area contributed by atoms with Crippen LogP contribution in [0.3, 0.4) is 0 Å². The van der Waals surface area contributed by atoms with Crippen LogP contribution >= 0.6 is 15.9 Å². The zero-order valence-electron chi connectivity index (χ0n) is 24.5. The van der Waals surface area contributed by atoms with Crippen LogP contribution in [-0.2, 0) is 10.8 Å². The summed E-state index contributed by atoms with van der Waals surface area (Å²) in [4.78, 5) is 28.2. The number of phenolic OH excluding ortho intramolecular Hbond substituents is 1. The van der Waals surface area contributed by atoms with Crippen LogP contribution in [0.5, 0.6) is 5.75 Å². The number of fused-ring (bicyclic) bond motifs is 3. The van der Waals surface area contributed by atoms with Crippen molar-refractivity contribution >= 4 is 38.8 Å². The number of amides is 2. The average Bonchev–Trinajstić information content (AvgIpc) is 3.35. The number of nitrogens with zero attached hydrogens (tertiary/aromatic N) is 4. The summed E-state index contributed by atoms with van der Waals surface area (Å²) in [6.45, 7) is 22.9. The summed E-state index contributed by atoms with van der Waals surface area (Å²) >= 11 is 3.44. The Labute approximate surface area is 244 Å². The Hall–Kier alpha value is -3.52. The number of carbonyl (C=O) groups excluding carboxylic acids is 2. The molecule has 3 aromatic rings. The molecule has 8 heteroatoms. The summed E-state index contributed by atoms with van der Waals surface area (Å²) in [7, 11) is 1.45. The van der Waals surface area contributed by atoms with Crippen molar-refractivity contribution in [3.8, 4) is 11.4 Å². The zero-order valence-corrected chi connectivity index (χ0v) is 26.1. The molecule has 0 radical (unpaired) electrons. The van der Waals surface area contributed by atoms with E-state index in [4.69, 9.17) is 0 Å². The van der Waals surface area contributed by atoms with Crippen LogP contribution in [0.15, 0.2) is 59.6 Å². The fraction of sp³-hybridized carbons (Fsp3) is 0.375. The van der Waals surface area contributed by atoms with Crippen LogP contribution in [0.25, 0.3) is 16.7 Å². The third-order valence-electron chi connectivity index (χ3n) is 7.64. The van der Waals surface area contributed by atoms with E-state index in [-0.39, 0.29) is 27.7 Å². The molecule has 0 unspecified atom stereocenters. The van der Waals surface area contributed by atoms with Crippen molar-refractivity contribution in [1.82, 2.24) is 19.9 Å². The summed E-state index contributed by atoms with van der Waals surface area (Å²) in [5.74, 6) is -0.811. The lowest BCUT2D eigenvalue weighted by molar-refractivity contribution is 0.0693. The number of hydrogen-bond acceptors (Lipinski definition) is 5. The van der Waals surface area contributed by atoms with E-state index in [0.29, 0.717) is 26.8 Å². The number of phenols is 1. The zero-order chi connectivity index (χ0) is 29.9. The van der Waals surface area contributed by atoms with Crippen LogP contribution in [0.4, 0.5) is 0 Å². The second-order valence-electron chi connectivity index (χ2n) is 12.8. The van der Waals surface area contributed by atoms with Crippen LogP contribution < -0.4 is 0 Å². The lowest BCUT2D eigenvalue weighted by Crippen LogP contribution is -2.27. The maximum atomic E-state index is 13.0. The van der Waals surface area contributed by atoms with E-state index in [1.165, 1.54) is 11.8 Å². The van der Waals surface area contributed by atoms with Crippen molar-refractivity contribution in [2.24, 2.45) is 5.41 Å². The van der Waals surface area contributed by atoms with E-state index in [9.17, 15) is 14.7 Å². The predicted molar refractivity (Wildman–Crippen MR) is 163 cm³/mol. The maximum absolute atomic E-state index is 13.0. The standard InChI is InChI=1S/C32H37BrN4O3/c1-11-13-18(12-2)32(8,9)20-14-19(31(6,7)17-30(3,4)5)15-23(27(20)38)37-34-22-16-21(33)24-25(26(22)35-37)29(40)36(10)28(24)39/h11-16,38H,1-2,17H2,3-10H3/b18-13+. The molecule has 0 fully saturated rings. The highest BCUT2D eigenvalue weighted by Gasteiger charge is 2.39. The van der Waals surface area contributed by atoms with E-state index in [1.807, 2.05) is 26.0 Å². The molecule has 1 N–H and O–H groups in total. The molecule has 7 nitrogen and oxygen atoms in total. The lowest BCUT2D eigenvalue weighted by atomic mass is 9.69. The van der Waals surface area contributed by atoms with Gasteiger partial charge in [-0.2, -0.15) is 0 Å². The first-order chi connectivity index (χ1) is 18.4. The van der Waals surface area contributed by atoms with E-state index in [0.717, 1.165) is 22.5 Å². The molecule has 1 aromatic heterocycles. The van der Waals surface area contributed by atoms with Gasteiger partial charge in [-0.1, -0.05) is 85.9 Å². The van der Waals surface area contributed by atoms with Gasteiger partial charge in [0.05, 0.1) is 11.1 Å². The number of imide groups is 1. The lowest BCUT2D eigenvalue weighted by Gasteiger charge is -2.35. The van der Waals surface area contributed by atoms with Gasteiger partial charge in [0.1, 0.15) is 22.5 Å². The molecule has 2 aromatic carbocycles. The number of aromatic hydroxyl groups is 1. The predicted octanol–water partition coefficient (Wildman–Crippen LogP) is 7.40. The summed E-state index contributed by atoms with van der Waals surface area (Å²) < 4.78 is 0.473. The number of allylic oxidation sites excluding steroid dienone is 4. The van der Waals surface area contributed by atoms with Crippen LogP contribution in [-0.4, -0.2) is 43.9 Å².